The van der Waals surface area contributed by atoms with Crippen LogP contribution in [0, 0.1) is 0 Å². The fraction of sp³-hybridized carbons (Fsp3) is 0.429. The second-order valence-electron chi connectivity index (χ2n) is 4.83. The Morgan fingerprint density at radius 1 is 1.26 bits per heavy atom. The van der Waals surface area contributed by atoms with E-state index in [1.165, 1.54) is 6.92 Å². The van der Waals surface area contributed by atoms with Crippen molar-refractivity contribution in [1.29, 1.82) is 0 Å². The number of morpholine rings is 1. The maximum atomic E-state index is 11.8. The highest BCUT2D eigenvalue weighted by Crippen LogP contribution is 2.32. The van der Waals surface area contributed by atoms with Gasteiger partial charge in [-0.15, -0.1) is 0 Å². The van der Waals surface area contributed by atoms with Crippen LogP contribution in [-0.2, 0) is 9.53 Å². The molecule has 100 valence electrons. The number of hydrogen-bond acceptors (Lipinski definition) is 4. The second-order valence-corrected chi connectivity index (χ2v) is 4.83. The SMILES string of the molecule is CC(=O)N1CC(=O)c2ccc(N3CCOCC3)cc21. The molecule has 0 aliphatic carbocycles. The average Bonchev–Trinajstić information content (AvgIpc) is 2.77. The summed E-state index contributed by atoms with van der Waals surface area (Å²) >= 11 is 0. The predicted molar refractivity (Wildman–Crippen MR) is 71.8 cm³/mol. The molecule has 0 saturated carbocycles. The number of rotatable bonds is 1. The van der Waals surface area contributed by atoms with Crippen molar-refractivity contribution in [3.8, 4) is 0 Å². The van der Waals surface area contributed by atoms with Crippen LogP contribution in [0.15, 0.2) is 18.2 Å². The van der Waals surface area contributed by atoms with Gasteiger partial charge in [-0.2, -0.15) is 0 Å². The molecule has 1 amide bonds. The van der Waals surface area contributed by atoms with E-state index >= 15 is 0 Å². The summed E-state index contributed by atoms with van der Waals surface area (Å²) < 4.78 is 5.33. The first-order valence-corrected chi connectivity index (χ1v) is 6.45. The molecule has 2 aliphatic heterocycles. The number of fused-ring (bicyclic) bond motifs is 1. The maximum absolute atomic E-state index is 11.8. The minimum absolute atomic E-state index is 0.0127. The van der Waals surface area contributed by atoms with Gasteiger partial charge < -0.3 is 14.5 Å². The molecule has 1 aromatic carbocycles. The number of carbonyl (C=O) groups is 2. The smallest absolute Gasteiger partial charge is 0.224 e. The zero-order chi connectivity index (χ0) is 13.4. The summed E-state index contributed by atoms with van der Waals surface area (Å²) in [7, 11) is 0. The molecule has 0 radical (unpaired) electrons. The van der Waals surface area contributed by atoms with Gasteiger partial charge in [-0.3, -0.25) is 9.59 Å². The standard InChI is InChI=1S/C14H16N2O3/c1-10(17)16-9-14(18)12-3-2-11(8-13(12)16)15-4-6-19-7-5-15/h2-3,8H,4-7,9H2,1H3. The molecule has 1 fully saturated rings. The van der Waals surface area contributed by atoms with Crippen LogP contribution in [0.4, 0.5) is 11.4 Å². The van der Waals surface area contributed by atoms with Gasteiger partial charge in [-0.25, -0.2) is 0 Å². The van der Waals surface area contributed by atoms with E-state index in [9.17, 15) is 9.59 Å². The molecule has 1 saturated heterocycles. The minimum Gasteiger partial charge on any atom is -0.378 e. The van der Waals surface area contributed by atoms with Gasteiger partial charge in [0.2, 0.25) is 5.91 Å². The Morgan fingerprint density at radius 2 is 2.00 bits per heavy atom. The van der Waals surface area contributed by atoms with Crippen LogP contribution in [0.1, 0.15) is 17.3 Å². The van der Waals surface area contributed by atoms with Crippen molar-refractivity contribution in [2.45, 2.75) is 6.92 Å². The first kappa shape index (κ1) is 12.2. The van der Waals surface area contributed by atoms with Gasteiger partial charge in [0.1, 0.15) is 0 Å². The monoisotopic (exact) mass is 260 g/mol. The maximum Gasteiger partial charge on any atom is 0.224 e. The summed E-state index contributed by atoms with van der Waals surface area (Å²) in [6.07, 6.45) is 0. The normalized spacial score (nSPS) is 18.7. The topological polar surface area (TPSA) is 49.9 Å². The Bertz CT molecular complexity index is 535. The Morgan fingerprint density at radius 3 is 2.68 bits per heavy atom. The van der Waals surface area contributed by atoms with Gasteiger partial charge in [0.15, 0.2) is 5.78 Å². The number of carbonyl (C=O) groups excluding carboxylic acids is 2. The molecule has 3 rings (SSSR count). The molecular weight excluding hydrogens is 244 g/mol. The Kier molecular flexibility index (Phi) is 2.98. The van der Waals surface area contributed by atoms with Crippen LogP contribution in [0.2, 0.25) is 0 Å². The first-order chi connectivity index (χ1) is 9.16. The van der Waals surface area contributed by atoms with Crippen LogP contribution in [-0.4, -0.2) is 44.5 Å². The van der Waals surface area contributed by atoms with Crippen LogP contribution in [0.3, 0.4) is 0 Å². The molecule has 0 atom stereocenters. The summed E-state index contributed by atoms with van der Waals surface area (Å²) in [5, 5.41) is 0. The van der Waals surface area contributed by atoms with Crippen molar-refractivity contribution in [2.75, 3.05) is 42.6 Å². The lowest BCUT2D eigenvalue weighted by atomic mass is 10.1. The number of benzene rings is 1. The molecule has 19 heavy (non-hydrogen) atoms. The number of Topliss-reactive ketones (excluding diaryl/α,β-unsaturated/α-hetero) is 1. The molecule has 0 N–H and O–H groups in total. The van der Waals surface area contributed by atoms with E-state index in [1.54, 1.807) is 4.90 Å². The highest BCUT2D eigenvalue weighted by atomic mass is 16.5. The number of nitrogens with zero attached hydrogens (tertiary/aromatic N) is 2. The van der Waals surface area contributed by atoms with Gasteiger partial charge >= 0.3 is 0 Å². The van der Waals surface area contributed by atoms with Crippen molar-refractivity contribution >= 4 is 23.1 Å². The van der Waals surface area contributed by atoms with Crippen molar-refractivity contribution in [1.82, 2.24) is 0 Å². The van der Waals surface area contributed by atoms with Crippen molar-refractivity contribution in [3.05, 3.63) is 23.8 Å². The Labute approximate surface area is 111 Å². The van der Waals surface area contributed by atoms with Gasteiger partial charge in [-0.05, 0) is 18.2 Å². The van der Waals surface area contributed by atoms with Gasteiger partial charge in [0.05, 0.1) is 25.4 Å². The average molecular weight is 260 g/mol. The first-order valence-electron chi connectivity index (χ1n) is 6.45. The molecule has 0 spiro atoms. The largest absolute Gasteiger partial charge is 0.378 e. The lowest BCUT2D eigenvalue weighted by Gasteiger charge is -2.29. The van der Waals surface area contributed by atoms with E-state index < -0.39 is 0 Å². The number of amides is 1. The Balaban J connectivity index is 1.96. The molecule has 0 aromatic heterocycles. The molecule has 0 unspecified atom stereocenters. The van der Waals surface area contributed by atoms with Crippen LogP contribution >= 0.6 is 0 Å². The fourth-order valence-electron chi connectivity index (χ4n) is 2.59. The lowest BCUT2D eigenvalue weighted by Crippen LogP contribution is -2.36. The molecule has 2 heterocycles. The van der Waals surface area contributed by atoms with Crippen molar-refractivity contribution in [2.24, 2.45) is 0 Å². The van der Waals surface area contributed by atoms with Crippen LogP contribution in [0.5, 0.6) is 0 Å². The quantitative estimate of drug-likeness (QED) is 0.758. The van der Waals surface area contributed by atoms with Gasteiger partial charge in [-0.1, -0.05) is 0 Å². The van der Waals surface area contributed by atoms with Crippen molar-refractivity contribution in [3.63, 3.8) is 0 Å². The fourth-order valence-corrected chi connectivity index (χ4v) is 2.59. The summed E-state index contributed by atoms with van der Waals surface area (Å²) in [5.74, 6) is -0.0787. The number of hydrogen-bond donors (Lipinski definition) is 0. The zero-order valence-electron chi connectivity index (χ0n) is 10.9. The third kappa shape index (κ3) is 2.10. The predicted octanol–water partition coefficient (Wildman–Crippen LogP) is 1.07. The van der Waals surface area contributed by atoms with Crippen LogP contribution < -0.4 is 9.80 Å². The second kappa shape index (κ2) is 4.66. The molecule has 1 aromatic rings. The summed E-state index contributed by atoms with van der Waals surface area (Å²) in [4.78, 5) is 27.2. The lowest BCUT2D eigenvalue weighted by molar-refractivity contribution is -0.116. The third-order valence-corrected chi connectivity index (χ3v) is 3.63. The zero-order valence-corrected chi connectivity index (χ0v) is 10.9. The number of ether oxygens (including phenoxy) is 1. The van der Waals surface area contributed by atoms with Crippen molar-refractivity contribution < 1.29 is 14.3 Å². The minimum atomic E-state index is -0.0915. The Hall–Kier alpha value is -1.88. The van der Waals surface area contributed by atoms with E-state index in [4.69, 9.17) is 4.74 Å². The third-order valence-electron chi connectivity index (χ3n) is 3.63. The highest BCUT2D eigenvalue weighted by molar-refractivity contribution is 6.15. The molecular formula is C14H16N2O3. The highest BCUT2D eigenvalue weighted by Gasteiger charge is 2.29. The van der Waals surface area contributed by atoms with E-state index in [1.807, 2.05) is 18.2 Å². The molecule has 2 aliphatic rings. The van der Waals surface area contributed by atoms with E-state index in [0.717, 1.165) is 24.5 Å². The summed E-state index contributed by atoms with van der Waals surface area (Å²) in [5.41, 5.74) is 2.43. The van der Waals surface area contributed by atoms with Gasteiger partial charge in [0.25, 0.3) is 0 Å². The van der Waals surface area contributed by atoms with Gasteiger partial charge in [0, 0.05) is 31.3 Å². The summed E-state index contributed by atoms with van der Waals surface area (Å²) in [6.45, 7) is 4.76. The molecule has 5 nitrogen and oxygen atoms in total. The molecule has 5 heteroatoms. The molecule has 0 bridgehead atoms. The summed E-state index contributed by atoms with van der Waals surface area (Å²) in [6, 6.07) is 5.71. The van der Waals surface area contributed by atoms with E-state index in [0.29, 0.717) is 18.8 Å². The van der Waals surface area contributed by atoms with Crippen LogP contribution in [0.25, 0.3) is 0 Å². The number of anilines is 2. The van der Waals surface area contributed by atoms with E-state index in [-0.39, 0.29) is 18.2 Å². The number of ketones is 1. The van der Waals surface area contributed by atoms with E-state index in [2.05, 4.69) is 4.90 Å².